The highest BCUT2D eigenvalue weighted by molar-refractivity contribution is 5.42. The number of nitrogens with zero attached hydrogens (tertiary/aromatic N) is 1. The molecule has 0 aliphatic heterocycles. The van der Waals surface area contributed by atoms with Crippen molar-refractivity contribution in [2.45, 2.75) is 26.7 Å². The third-order valence-corrected chi connectivity index (χ3v) is 2.03. The van der Waals surface area contributed by atoms with E-state index in [1.54, 1.807) is 0 Å². The fourth-order valence-electron chi connectivity index (χ4n) is 1.39. The van der Waals surface area contributed by atoms with Crippen LogP contribution in [0.3, 0.4) is 0 Å². The van der Waals surface area contributed by atoms with E-state index in [2.05, 4.69) is 26.0 Å². The van der Waals surface area contributed by atoms with Crippen LogP contribution in [0.15, 0.2) is 18.2 Å². The van der Waals surface area contributed by atoms with Gasteiger partial charge in [0, 0.05) is 0 Å². The summed E-state index contributed by atoms with van der Waals surface area (Å²) in [7, 11) is 0. The van der Waals surface area contributed by atoms with Crippen LogP contribution in [0, 0.1) is 18.3 Å². The SMILES string of the molecule is CCCc1c(C)cccc1C#N. The van der Waals surface area contributed by atoms with Crippen molar-refractivity contribution in [2.75, 3.05) is 0 Å². The molecule has 1 heteroatoms. The van der Waals surface area contributed by atoms with Crippen molar-refractivity contribution in [3.63, 3.8) is 0 Å². The lowest BCUT2D eigenvalue weighted by Crippen LogP contribution is -1.92. The maximum Gasteiger partial charge on any atom is 0.0994 e. The van der Waals surface area contributed by atoms with E-state index >= 15 is 0 Å². The molecule has 0 N–H and O–H groups in total. The first-order valence-corrected chi connectivity index (χ1v) is 4.28. The minimum atomic E-state index is 0.830. The Morgan fingerprint density at radius 1 is 1.42 bits per heavy atom. The molecule has 0 fully saturated rings. The van der Waals surface area contributed by atoms with E-state index in [1.165, 1.54) is 11.1 Å². The molecule has 1 nitrogen and oxygen atoms in total. The van der Waals surface area contributed by atoms with Gasteiger partial charge in [-0.2, -0.15) is 5.26 Å². The fourth-order valence-corrected chi connectivity index (χ4v) is 1.39. The Kier molecular flexibility index (Phi) is 2.88. The summed E-state index contributed by atoms with van der Waals surface area (Å²) in [6.07, 6.45) is 2.11. The van der Waals surface area contributed by atoms with E-state index in [0.717, 1.165) is 18.4 Å². The summed E-state index contributed by atoms with van der Waals surface area (Å²) in [5, 5.41) is 8.82. The first-order valence-electron chi connectivity index (χ1n) is 4.28. The lowest BCUT2D eigenvalue weighted by Gasteiger charge is -2.05. The first-order chi connectivity index (χ1) is 5.79. The highest BCUT2D eigenvalue weighted by Crippen LogP contribution is 2.14. The molecular formula is C11H13N. The summed E-state index contributed by atoms with van der Waals surface area (Å²) in [4.78, 5) is 0. The molecule has 1 rings (SSSR count). The zero-order valence-corrected chi connectivity index (χ0v) is 7.59. The number of benzene rings is 1. The summed E-state index contributed by atoms with van der Waals surface area (Å²) in [6, 6.07) is 8.11. The normalized spacial score (nSPS) is 9.42. The number of nitriles is 1. The summed E-state index contributed by atoms with van der Waals surface area (Å²) in [5.74, 6) is 0. The van der Waals surface area contributed by atoms with Gasteiger partial charge in [-0.1, -0.05) is 25.5 Å². The van der Waals surface area contributed by atoms with Crippen molar-refractivity contribution >= 4 is 0 Å². The Balaban J connectivity index is 3.13. The van der Waals surface area contributed by atoms with E-state index in [0.29, 0.717) is 0 Å². The molecule has 0 saturated heterocycles. The van der Waals surface area contributed by atoms with Crippen LogP contribution in [-0.4, -0.2) is 0 Å². The monoisotopic (exact) mass is 159 g/mol. The summed E-state index contributed by atoms with van der Waals surface area (Å²) >= 11 is 0. The second-order valence-corrected chi connectivity index (χ2v) is 2.96. The molecule has 1 aromatic carbocycles. The molecule has 12 heavy (non-hydrogen) atoms. The van der Waals surface area contributed by atoms with Crippen molar-refractivity contribution in [3.05, 3.63) is 34.9 Å². The predicted molar refractivity (Wildman–Crippen MR) is 49.9 cm³/mol. The van der Waals surface area contributed by atoms with Crippen LogP contribution in [0.2, 0.25) is 0 Å². The van der Waals surface area contributed by atoms with Gasteiger partial charge in [0.25, 0.3) is 0 Å². The Bertz CT molecular complexity index is 307. The van der Waals surface area contributed by atoms with Crippen LogP contribution in [0.25, 0.3) is 0 Å². The van der Waals surface area contributed by atoms with Crippen molar-refractivity contribution in [3.8, 4) is 6.07 Å². The molecule has 0 aromatic heterocycles. The molecule has 0 unspecified atom stereocenters. The summed E-state index contributed by atoms with van der Waals surface area (Å²) in [5.41, 5.74) is 3.27. The minimum absolute atomic E-state index is 0.830. The first kappa shape index (κ1) is 8.80. The van der Waals surface area contributed by atoms with Gasteiger partial charge in [0.05, 0.1) is 11.6 Å². The van der Waals surface area contributed by atoms with Crippen molar-refractivity contribution in [1.82, 2.24) is 0 Å². The molecule has 0 heterocycles. The Hall–Kier alpha value is -1.29. The number of rotatable bonds is 2. The van der Waals surface area contributed by atoms with Crippen LogP contribution < -0.4 is 0 Å². The van der Waals surface area contributed by atoms with Crippen LogP contribution in [0.1, 0.15) is 30.0 Å². The van der Waals surface area contributed by atoms with Crippen LogP contribution in [0.4, 0.5) is 0 Å². The van der Waals surface area contributed by atoms with E-state index < -0.39 is 0 Å². The average Bonchev–Trinajstić information content (AvgIpc) is 2.09. The van der Waals surface area contributed by atoms with E-state index in [9.17, 15) is 0 Å². The molecule has 0 atom stereocenters. The summed E-state index contributed by atoms with van der Waals surface area (Å²) in [6.45, 7) is 4.19. The van der Waals surface area contributed by atoms with Gasteiger partial charge in [-0.3, -0.25) is 0 Å². The quantitative estimate of drug-likeness (QED) is 0.651. The number of hydrogen-bond donors (Lipinski definition) is 0. The largest absolute Gasteiger partial charge is 0.192 e. The molecule has 0 radical (unpaired) electrons. The smallest absolute Gasteiger partial charge is 0.0994 e. The Morgan fingerprint density at radius 2 is 2.17 bits per heavy atom. The van der Waals surface area contributed by atoms with E-state index in [4.69, 9.17) is 5.26 Å². The third-order valence-electron chi connectivity index (χ3n) is 2.03. The lowest BCUT2D eigenvalue weighted by molar-refractivity contribution is 0.909. The van der Waals surface area contributed by atoms with E-state index in [1.807, 2.05) is 12.1 Å². The van der Waals surface area contributed by atoms with Gasteiger partial charge >= 0.3 is 0 Å². The van der Waals surface area contributed by atoms with Crippen LogP contribution >= 0.6 is 0 Å². The van der Waals surface area contributed by atoms with Gasteiger partial charge in [0.1, 0.15) is 0 Å². The second-order valence-electron chi connectivity index (χ2n) is 2.96. The third kappa shape index (κ3) is 1.65. The van der Waals surface area contributed by atoms with Crippen molar-refractivity contribution in [2.24, 2.45) is 0 Å². The van der Waals surface area contributed by atoms with Gasteiger partial charge in [0.15, 0.2) is 0 Å². The van der Waals surface area contributed by atoms with E-state index in [-0.39, 0.29) is 0 Å². The average molecular weight is 159 g/mol. The zero-order chi connectivity index (χ0) is 8.97. The molecule has 62 valence electrons. The van der Waals surface area contributed by atoms with Crippen LogP contribution in [0.5, 0.6) is 0 Å². The lowest BCUT2D eigenvalue weighted by atomic mass is 9.99. The second kappa shape index (κ2) is 3.92. The predicted octanol–water partition coefficient (Wildman–Crippen LogP) is 2.82. The molecule has 0 saturated carbocycles. The zero-order valence-electron chi connectivity index (χ0n) is 7.59. The van der Waals surface area contributed by atoms with Gasteiger partial charge < -0.3 is 0 Å². The van der Waals surface area contributed by atoms with Crippen molar-refractivity contribution in [1.29, 1.82) is 5.26 Å². The highest BCUT2D eigenvalue weighted by Gasteiger charge is 2.02. The highest BCUT2D eigenvalue weighted by atomic mass is 14.2. The van der Waals surface area contributed by atoms with Gasteiger partial charge in [0.2, 0.25) is 0 Å². The Labute approximate surface area is 73.6 Å². The molecule has 1 aromatic rings. The molecule has 0 spiro atoms. The van der Waals surface area contributed by atoms with Gasteiger partial charge in [-0.25, -0.2) is 0 Å². The number of hydrogen-bond acceptors (Lipinski definition) is 1. The van der Waals surface area contributed by atoms with Crippen molar-refractivity contribution < 1.29 is 0 Å². The molecule has 0 aliphatic rings. The topological polar surface area (TPSA) is 23.8 Å². The van der Waals surface area contributed by atoms with Gasteiger partial charge in [-0.15, -0.1) is 0 Å². The maximum absolute atomic E-state index is 8.82. The standard InChI is InChI=1S/C11H13N/c1-3-5-11-9(2)6-4-7-10(11)8-12/h4,6-7H,3,5H2,1-2H3. The molecule has 0 amide bonds. The molecule has 0 aliphatic carbocycles. The summed E-state index contributed by atoms with van der Waals surface area (Å²) < 4.78 is 0. The fraction of sp³-hybridized carbons (Fsp3) is 0.364. The Morgan fingerprint density at radius 3 is 2.75 bits per heavy atom. The number of aryl methyl sites for hydroxylation is 1. The minimum Gasteiger partial charge on any atom is -0.192 e. The van der Waals surface area contributed by atoms with Crippen LogP contribution in [-0.2, 0) is 6.42 Å². The maximum atomic E-state index is 8.82. The molecule has 0 bridgehead atoms. The van der Waals surface area contributed by atoms with Gasteiger partial charge in [-0.05, 0) is 30.5 Å². The molecular weight excluding hydrogens is 146 g/mol.